The van der Waals surface area contributed by atoms with E-state index in [-0.39, 0.29) is 18.3 Å². The molecule has 8 heteroatoms. The number of nitrogens with zero attached hydrogens (tertiary/aromatic N) is 1. The Hall–Kier alpha value is -3.55. The molecule has 2 aromatic carbocycles. The van der Waals surface area contributed by atoms with Crippen LogP contribution in [0, 0.1) is 5.82 Å². The number of hydrogen-bond donors (Lipinski definition) is 4. The minimum Gasteiger partial charge on any atom is -0.484 e. The first-order chi connectivity index (χ1) is 15.1. The van der Waals surface area contributed by atoms with Crippen LogP contribution in [0.3, 0.4) is 0 Å². The maximum atomic E-state index is 13.3. The van der Waals surface area contributed by atoms with Gasteiger partial charge in [0.15, 0.2) is 12.6 Å². The van der Waals surface area contributed by atoms with Gasteiger partial charge in [-0.3, -0.25) is 9.79 Å². The molecule has 7 nitrogen and oxygen atoms in total. The Bertz CT molecular complexity index is 1050. The Morgan fingerprint density at radius 2 is 2.03 bits per heavy atom. The molecule has 3 aromatic rings. The van der Waals surface area contributed by atoms with E-state index >= 15 is 0 Å². The number of ether oxygens (including phenoxy) is 1. The molecule has 0 spiro atoms. The first-order valence-corrected chi connectivity index (χ1v) is 10.3. The Morgan fingerprint density at radius 1 is 1.16 bits per heavy atom. The third-order valence-electron chi connectivity index (χ3n) is 4.74. The number of guanidine groups is 1. The van der Waals surface area contributed by atoms with Crippen molar-refractivity contribution in [2.24, 2.45) is 4.99 Å². The van der Waals surface area contributed by atoms with Gasteiger partial charge in [-0.05, 0) is 54.8 Å². The normalized spacial score (nSPS) is 11.4. The van der Waals surface area contributed by atoms with Gasteiger partial charge in [0.1, 0.15) is 11.6 Å². The highest BCUT2D eigenvalue weighted by molar-refractivity contribution is 5.83. The summed E-state index contributed by atoms with van der Waals surface area (Å²) >= 11 is 0. The van der Waals surface area contributed by atoms with Gasteiger partial charge in [-0.2, -0.15) is 0 Å². The molecule has 0 bridgehead atoms. The summed E-state index contributed by atoms with van der Waals surface area (Å²) in [5, 5.41) is 10.3. The molecule has 0 unspecified atom stereocenters. The molecule has 0 aliphatic heterocycles. The van der Waals surface area contributed by atoms with Gasteiger partial charge in [0.25, 0.3) is 5.91 Å². The number of carbonyl (C=O) groups excluding carboxylic acids is 1. The van der Waals surface area contributed by atoms with Crippen LogP contribution in [0.15, 0.2) is 53.7 Å². The fraction of sp³-hybridized carbons (Fsp3) is 0.304. The molecule has 31 heavy (non-hydrogen) atoms. The van der Waals surface area contributed by atoms with E-state index < -0.39 is 0 Å². The van der Waals surface area contributed by atoms with Gasteiger partial charge in [-0.15, -0.1) is 0 Å². The van der Waals surface area contributed by atoms with Crippen molar-refractivity contribution in [3.05, 3.63) is 65.6 Å². The van der Waals surface area contributed by atoms with Crippen LogP contribution in [0.4, 0.5) is 4.39 Å². The van der Waals surface area contributed by atoms with Crippen molar-refractivity contribution in [1.82, 2.24) is 20.9 Å². The summed E-state index contributed by atoms with van der Waals surface area (Å²) in [5.41, 5.74) is 2.93. The molecule has 0 saturated heterocycles. The lowest BCUT2D eigenvalue weighted by Crippen LogP contribution is -2.37. The van der Waals surface area contributed by atoms with Crippen molar-refractivity contribution >= 4 is 22.8 Å². The maximum absolute atomic E-state index is 13.3. The van der Waals surface area contributed by atoms with Gasteiger partial charge in [-0.25, -0.2) is 4.39 Å². The van der Waals surface area contributed by atoms with E-state index in [0.29, 0.717) is 31.3 Å². The van der Waals surface area contributed by atoms with E-state index in [1.165, 1.54) is 12.1 Å². The van der Waals surface area contributed by atoms with Gasteiger partial charge in [0.2, 0.25) is 0 Å². The van der Waals surface area contributed by atoms with Gasteiger partial charge >= 0.3 is 0 Å². The third kappa shape index (κ3) is 6.47. The van der Waals surface area contributed by atoms with Gasteiger partial charge < -0.3 is 25.7 Å². The van der Waals surface area contributed by atoms with Crippen molar-refractivity contribution in [2.75, 3.05) is 26.7 Å². The number of rotatable bonds is 9. The molecule has 1 aromatic heterocycles. The fourth-order valence-electron chi connectivity index (χ4n) is 3.23. The lowest BCUT2D eigenvalue weighted by molar-refractivity contribution is -0.122. The maximum Gasteiger partial charge on any atom is 0.257 e. The SMILES string of the molecule is CCNC(=O)COc1cccc(CNC(=NC)NCCc2c[nH]c3cc(F)ccc23)c1. The lowest BCUT2D eigenvalue weighted by atomic mass is 10.1. The first-order valence-electron chi connectivity index (χ1n) is 10.3. The van der Waals surface area contributed by atoms with E-state index in [1.54, 1.807) is 13.1 Å². The number of nitrogens with one attached hydrogen (secondary N) is 4. The smallest absolute Gasteiger partial charge is 0.257 e. The zero-order chi connectivity index (χ0) is 22.1. The molecule has 0 aliphatic carbocycles. The predicted octanol–water partition coefficient (Wildman–Crippen LogP) is 2.73. The highest BCUT2D eigenvalue weighted by atomic mass is 19.1. The van der Waals surface area contributed by atoms with Crippen LogP contribution < -0.4 is 20.7 Å². The van der Waals surface area contributed by atoms with Crippen molar-refractivity contribution < 1.29 is 13.9 Å². The average molecular weight is 426 g/mol. The summed E-state index contributed by atoms with van der Waals surface area (Å²) in [6.07, 6.45) is 2.68. The molecule has 0 saturated carbocycles. The molecule has 4 N–H and O–H groups in total. The zero-order valence-corrected chi connectivity index (χ0v) is 17.8. The number of amides is 1. The summed E-state index contributed by atoms with van der Waals surface area (Å²) in [7, 11) is 1.72. The number of aromatic nitrogens is 1. The Morgan fingerprint density at radius 3 is 2.84 bits per heavy atom. The fourth-order valence-corrected chi connectivity index (χ4v) is 3.23. The average Bonchev–Trinajstić information content (AvgIpc) is 3.17. The number of H-pyrrole nitrogens is 1. The lowest BCUT2D eigenvalue weighted by Gasteiger charge is -2.13. The van der Waals surface area contributed by atoms with E-state index in [9.17, 15) is 9.18 Å². The highest BCUT2D eigenvalue weighted by Crippen LogP contribution is 2.19. The zero-order valence-electron chi connectivity index (χ0n) is 17.8. The van der Waals surface area contributed by atoms with Crippen LogP contribution in [-0.4, -0.2) is 43.6 Å². The molecular formula is C23H28FN5O2. The number of halogens is 1. The molecule has 0 radical (unpaired) electrons. The number of likely N-dealkylation sites (N-methyl/N-ethyl adjacent to an activating group) is 1. The molecule has 0 atom stereocenters. The number of carbonyl (C=O) groups is 1. The second-order valence-electron chi connectivity index (χ2n) is 7.00. The number of aromatic amines is 1. The Kier molecular flexibility index (Phi) is 7.86. The first kappa shape index (κ1) is 22.1. The highest BCUT2D eigenvalue weighted by Gasteiger charge is 2.06. The van der Waals surface area contributed by atoms with Crippen LogP contribution in [-0.2, 0) is 17.8 Å². The summed E-state index contributed by atoms with van der Waals surface area (Å²) in [6, 6.07) is 12.4. The predicted molar refractivity (Wildman–Crippen MR) is 121 cm³/mol. The standard InChI is InChI=1S/C23H28FN5O2/c1-3-26-22(30)15-31-19-6-4-5-16(11-19)13-29-23(25-2)27-10-9-17-14-28-21-12-18(24)7-8-20(17)21/h4-8,11-12,14,28H,3,9-10,13,15H2,1-2H3,(H,26,30)(H2,25,27,29). The van der Waals surface area contributed by atoms with E-state index in [1.807, 2.05) is 37.4 Å². The van der Waals surface area contributed by atoms with E-state index in [0.717, 1.165) is 28.5 Å². The molecule has 164 valence electrons. The number of hydrogen-bond acceptors (Lipinski definition) is 3. The van der Waals surface area contributed by atoms with E-state index in [2.05, 4.69) is 25.9 Å². The van der Waals surface area contributed by atoms with Gasteiger partial charge in [-0.1, -0.05) is 12.1 Å². The van der Waals surface area contributed by atoms with Crippen LogP contribution in [0.25, 0.3) is 10.9 Å². The second kappa shape index (κ2) is 11.0. The van der Waals surface area contributed by atoms with Crippen LogP contribution in [0.1, 0.15) is 18.1 Å². The topological polar surface area (TPSA) is 90.5 Å². The van der Waals surface area contributed by atoms with Crippen molar-refractivity contribution in [2.45, 2.75) is 19.9 Å². The van der Waals surface area contributed by atoms with E-state index in [4.69, 9.17) is 4.74 Å². The van der Waals surface area contributed by atoms with Crippen LogP contribution >= 0.6 is 0 Å². The minimum absolute atomic E-state index is 0.00553. The number of aliphatic imine (C=N–C) groups is 1. The molecule has 3 rings (SSSR count). The van der Waals surface area contributed by atoms with Gasteiger partial charge in [0, 0.05) is 43.8 Å². The molecule has 0 fully saturated rings. The molecule has 1 heterocycles. The third-order valence-corrected chi connectivity index (χ3v) is 4.74. The largest absolute Gasteiger partial charge is 0.484 e. The summed E-state index contributed by atoms with van der Waals surface area (Å²) in [4.78, 5) is 18.9. The molecule has 1 amide bonds. The minimum atomic E-state index is -0.248. The second-order valence-corrected chi connectivity index (χ2v) is 7.00. The summed E-state index contributed by atoms with van der Waals surface area (Å²) in [5.74, 6) is 0.932. The summed E-state index contributed by atoms with van der Waals surface area (Å²) < 4.78 is 18.9. The van der Waals surface area contributed by atoms with Crippen molar-refractivity contribution in [1.29, 1.82) is 0 Å². The molecule has 0 aliphatic rings. The number of fused-ring (bicyclic) bond motifs is 1. The summed E-state index contributed by atoms with van der Waals surface area (Å²) in [6.45, 7) is 3.68. The molecular weight excluding hydrogens is 397 g/mol. The Labute approximate surface area is 181 Å². The number of benzene rings is 2. The Balaban J connectivity index is 1.47. The van der Waals surface area contributed by atoms with Gasteiger partial charge in [0.05, 0.1) is 0 Å². The monoisotopic (exact) mass is 425 g/mol. The van der Waals surface area contributed by atoms with Crippen molar-refractivity contribution in [3.63, 3.8) is 0 Å². The quantitative estimate of drug-likeness (QED) is 0.313. The van der Waals surface area contributed by atoms with Crippen LogP contribution in [0.2, 0.25) is 0 Å². The van der Waals surface area contributed by atoms with Crippen molar-refractivity contribution in [3.8, 4) is 5.75 Å². The van der Waals surface area contributed by atoms with Crippen LogP contribution in [0.5, 0.6) is 5.75 Å².